The number of hydrogen-bond donors (Lipinski definition) is 1. The van der Waals surface area contributed by atoms with Crippen LogP contribution in [0.5, 0.6) is 0 Å². The van der Waals surface area contributed by atoms with Crippen LogP contribution in [0, 0.1) is 0 Å². The maximum atomic E-state index is 11.7. The average molecular weight is 291 g/mol. The van der Waals surface area contributed by atoms with Gasteiger partial charge in [-0.2, -0.15) is 0 Å². The fourth-order valence-electron chi connectivity index (χ4n) is 2.27. The number of anilines is 1. The molecule has 1 saturated heterocycles. The summed E-state index contributed by atoms with van der Waals surface area (Å²) >= 11 is 0. The van der Waals surface area contributed by atoms with Crippen LogP contribution >= 0.6 is 0 Å². The van der Waals surface area contributed by atoms with Crippen molar-refractivity contribution < 1.29 is 9.53 Å². The van der Waals surface area contributed by atoms with E-state index in [0.29, 0.717) is 13.1 Å². The summed E-state index contributed by atoms with van der Waals surface area (Å²) in [6.45, 7) is 7.33. The summed E-state index contributed by atoms with van der Waals surface area (Å²) < 4.78 is 5.36. The van der Waals surface area contributed by atoms with E-state index in [1.54, 1.807) is 4.90 Å². The van der Waals surface area contributed by atoms with Gasteiger partial charge in [0.05, 0.1) is 19.8 Å². The van der Waals surface area contributed by atoms with Crippen LogP contribution in [0.15, 0.2) is 24.3 Å². The number of carbonyl (C=O) groups excluding carboxylic acids is 1. The third-order valence-electron chi connectivity index (χ3n) is 3.82. The van der Waals surface area contributed by atoms with E-state index in [4.69, 9.17) is 4.74 Å². The van der Waals surface area contributed by atoms with E-state index < -0.39 is 0 Å². The number of amides is 1. The fourth-order valence-corrected chi connectivity index (χ4v) is 2.27. The van der Waals surface area contributed by atoms with Crippen molar-refractivity contribution in [2.24, 2.45) is 0 Å². The van der Waals surface area contributed by atoms with Crippen LogP contribution in [0.25, 0.3) is 0 Å². The number of nitrogens with zero attached hydrogens (tertiary/aromatic N) is 2. The predicted molar refractivity (Wildman–Crippen MR) is 84.5 cm³/mol. The van der Waals surface area contributed by atoms with E-state index in [-0.39, 0.29) is 5.91 Å². The first-order valence-corrected chi connectivity index (χ1v) is 7.57. The molecule has 1 heterocycles. The summed E-state index contributed by atoms with van der Waals surface area (Å²) in [5.74, 6) is 0.127. The van der Waals surface area contributed by atoms with Crippen molar-refractivity contribution in [3.05, 3.63) is 29.8 Å². The van der Waals surface area contributed by atoms with Crippen LogP contribution in [0.1, 0.15) is 12.5 Å². The number of hydrogen-bond acceptors (Lipinski definition) is 4. The number of benzene rings is 1. The Morgan fingerprint density at radius 3 is 2.57 bits per heavy atom. The van der Waals surface area contributed by atoms with Crippen LogP contribution in [-0.2, 0) is 16.1 Å². The van der Waals surface area contributed by atoms with Gasteiger partial charge in [-0.05, 0) is 24.6 Å². The normalized spacial score (nSPS) is 15.0. The van der Waals surface area contributed by atoms with Gasteiger partial charge in [-0.25, -0.2) is 0 Å². The SMILES string of the molecule is CCN(C)C(=O)CNCc1ccc(N2CCOCC2)cc1. The quantitative estimate of drug-likeness (QED) is 0.852. The van der Waals surface area contributed by atoms with Crippen LogP contribution in [0.3, 0.4) is 0 Å². The topological polar surface area (TPSA) is 44.8 Å². The highest BCUT2D eigenvalue weighted by molar-refractivity contribution is 5.77. The molecule has 1 N–H and O–H groups in total. The van der Waals surface area contributed by atoms with Gasteiger partial charge in [0.2, 0.25) is 5.91 Å². The standard InChI is InChI=1S/C16H25N3O2/c1-3-18(2)16(20)13-17-12-14-4-6-15(7-5-14)19-8-10-21-11-9-19/h4-7,17H,3,8-13H2,1-2H3. The second kappa shape index (κ2) is 8.00. The highest BCUT2D eigenvalue weighted by Crippen LogP contribution is 2.16. The highest BCUT2D eigenvalue weighted by Gasteiger charge is 2.10. The minimum atomic E-state index is 0.127. The number of likely N-dealkylation sites (N-methyl/N-ethyl adjacent to an activating group) is 1. The Morgan fingerprint density at radius 1 is 1.29 bits per heavy atom. The van der Waals surface area contributed by atoms with Crippen LogP contribution in [0.4, 0.5) is 5.69 Å². The molecular formula is C16H25N3O2. The van der Waals surface area contributed by atoms with Gasteiger partial charge in [0.25, 0.3) is 0 Å². The summed E-state index contributed by atoms with van der Waals surface area (Å²) in [6, 6.07) is 8.52. The first kappa shape index (κ1) is 15.8. The molecule has 0 aliphatic carbocycles. The zero-order chi connectivity index (χ0) is 15.1. The molecule has 1 aromatic carbocycles. The zero-order valence-corrected chi connectivity index (χ0v) is 13.0. The van der Waals surface area contributed by atoms with Crippen LogP contribution in [0.2, 0.25) is 0 Å². The van der Waals surface area contributed by atoms with E-state index >= 15 is 0 Å². The molecule has 5 heteroatoms. The third-order valence-corrected chi connectivity index (χ3v) is 3.82. The van der Waals surface area contributed by atoms with Crippen molar-refractivity contribution in [1.29, 1.82) is 0 Å². The van der Waals surface area contributed by atoms with Crippen molar-refractivity contribution in [3.63, 3.8) is 0 Å². The number of rotatable bonds is 6. The molecule has 1 aliphatic rings. The Morgan fingerprint density at radius 2 is 1.95 bits per heavy atom. The van der Waals surface area contributed by atoms with Crippen molar-refractivity contribution >= 4 is 11.6 Å². The first-order chi connectivity index (χ1) is 10.2. The number of morpholine rings is 1. The van der Waals surface area contributed by atoms with Gasteiger partial charge in [-0.15, -0.1) is 0 Å². The van der Waals surface area contributed by atoms with Gasteiger partial charge in [-0.1, -0.05) is 12.1 Å². The van der Waals surface area contributed by atoms with Gasteiger partial charge in [0.15, 0.2) is 0 Å². The summed E-state index contributed by atoms with van der Waals surface area (Å²) in [5, 5.41) is 3.19. The van der Waals surface area contributed by atoms with Gasteiger partial charge >= 0.3 is 0 Å². The minimum absolute atomic E-state index is 0.127. The van der Waals surface area contributed by atoms with Crippen molar-refractivity contribution in [1.82, 2.24) is 10.2 Å². The smallest absolute Gasteiger partial charge is 0.236 e. The van der Waals surface area contributed by atoms with E-state index in [1.807, 2.05) is 14.0 Å². The Balaban J connectivity index is 1.78. The van der Waals surface area contributed by atoms with E-state index in [2.05, 4.69) is 34.5 Å². The molecule has 0 aromatic heterocycles. The summed E-state index contributed by atoms with van der Waals surface area (Å²) in [7, 11) is 1.82. The number of ether oxygens (including phenoxy) is 1. The van der Waals surface area contributed by atoms with Crippen molar-refractivity contribution in [2.75, 3.05) is 51.3 Å². The minimum Gasteiger partial charge on any atom is -0.378 e. The van der Waals surface area contributed by atoms with Gasteiger partial charge in [0.1, 0.15) is 0 Å². The van der Waals surface area contributed by atoms with E-state index in [1.165, 1.54) is 11.3 Å². The largest absolute Gasteiger partial charge is 0.378 e. The molecule has 0 bridgehead atoms. The Bertz CT molecular complexity index is 441. The maximum absolute atomic E-state index is 11.7. The lowest BCUT2D eigenvalue weighted by Crippen LogP contribution is -2.36. The zero-order valence-electron chi connectivity index (χ0n) is 13.0. The molecule has 1 aromatic rings. The monoisotopic (exact) mass is 291 g/mol. The summed E-state index contributed by atoms with van der Waals surface area (Å²) in [5.41, 5.74) is 2.43. The molecule has 21 heavy (non-hydrogen) atoms. The molecule has 116 valence electrons. The van der Waals surface area contributed by atoms with Crippen molar-refractivity contribution in [3.8, 4) is 0 Å². The molecule has 1 aliphatic heterocycles. The van der Waals surface area contributed by atoms with E-state index in [9.17, 15) is 4.79 Å². The second-order valence-electron chi connectivity index (χ2n) is 5.28. The lowest BCUT2D eigenvalue weighted by atomic mass is 10.2. The first-order valence-electron chi connectivity index (χ1n) is 7.57. The van der Waals surface area contributed by atoms with Crippen LogP contribution < -0.4 is 10.2 Å². The molecule has 1 fully saturated rings. The molecule has 2 rings (SSSR count). The molecule has 0 unspecified atom stereocenters. The van der Waals surface area contributed by atoms with Gasteiger partial charge in [0, 0.05) is 38.9 Å². The average Bonchev–Trinajstić information content (AvgIpc) is 2.55. The Kier molecular flexibility index (Phi) is 6.02. The summed E-state index contributed by atoms with van der Waals surface area (Å²) in [4.78, 5) is 15.7. The lowest BCUT2D eigenvalue weighted by molar-refractivity contribution is -0.128. The molecule has 0 radical (unpaired) electrons. The van der Waals surface area contributed by atoms with E-state index in [0.717, 1.165) is 32.8 Å². The molecule has 1 amide bonds. The fraction of sp³-hybridized carbons (Fsp3) is 0.562. The van der Waals surface area contributed by atoms with Crippen molar-refractivity contribution in [2.45, 2.75) is 13.5 Å². The Labute approximate surface area is 126 Å². The third kappa shape index (κ3) is 4.72. The summed E-state index contributed by atoms with van der Waals surface area (Å²) in [6.07, 6.45) is 0. The number of carbonyl (C=O) groups is 1. The molecule has 5 nitrogen and oxygen atoms in total. The van der Waals surface area contributed by atoms with Crippen LogP contribution in [-0.4, -0.2) is 57.2 Å². The molecule has 0 saturated carbocycles. The second-order valence-corrected chi connectivity index (χ2v) is 5.28. The molecule has 0 spiro atoms. The molecule has 0 atom stereocenters. The highest BCUT2D eigenvalue weighted by atomic mass is 16.5. The maximum Gasteiger partial charge on any atom is 0.236 e. The number of nitrogens with one attached hydrogen (secondary N) is 1. The molecular weight excluding hydrogens is 266 g/mol. The Hall–Kier alpha value is -1.59. The van der Waals surface area contributed by atoms with Gasteiger partial charge in [-0.3, -0.25) is 4.79 Å². The lowest BCUT2D eigenvalue weighted by Gasteiger charge is -2.28. The van der Waals surface area contributed by atoms with Gasteiger partial charge < -0.3 is 19.9 Å². The predicted octanol–water partition coefficient (Wildman–Crippen LogP) is 1.09.